The average molecular weight is 374 g/mol. The van der Waals surface area contributed by atoms with Crippen molar-refractivity contribution in [2.75, 3.05) is 6.54 Å². The molecule has 0 bridgehead atoms. The van der Waals surface area contributed by atoms with Crippen LogP contribution in [0.15, 0.2) is 53.1 Å². The first-order valence-corrected chi connectivity index (χ1v) is 8.59. The van der Waals surface area contributed by atoms with Crippen molar-refractivity contribution >= 4 is 17.5 Å². The molecule has 1 N–H and O–H groups in total. The Morgan fingerprint density at radius 3 is 2.69 bits per heavy atom. The predicted octanol–water partition coefficient (Wildman–Crippen LogP) is 3.82. The molecule has 0 saturated heterocycles. The van der Waals surface area contributed by atoms with Crippen molar-refractivity contribution in [3.63, 3.8) is 0 Å². The van der Waals surface area contributed by atoms with E-state index >= 15 is 0 Å². The minimum absolute atomic E-state index is 0.154. The Hall–Kier alpha value is -2.73. The number of nitrogens with zero attached hydrogens (tertiary/aromatic N) is 2. The average Bonchev–Trinajstić information content (AvgIpc) is 3.11. The molecule has 0 spiro atoms. The molecule has 7 heteroatoms. The van der Waals surface area contributed by atoms with Gasteiger partial charge in [0.2, 0.25) is 17.6 Å². The van der Waals surface area contributed by atoms with Crippen LogP contribution >= 0.6 is 11.6 Å². The molecule has 0 aliphatic rings. The molecular weight excluding hydrogens is 357 g/mol. The van der Waals surface area contributed by atoms with Crippen LogP contribution in [0.5, 0.6) is 0 Å². The minimum atomic E-state index is -0.264. The van der Waals surface area contributed by atoms with E-state index in [1.807, 2.05) is 12.1 Å². The first-order chi connectivity index (χ1) is 12.6. The van der Waals surface area contributed by atoms with Crippen LogP contribution in [0.4, 0.5) is 4.39 Å². The van der Waals surface area contributed by atoms with Gasteiger partial charge in [0.15, 0.2) is 0 Å². The zero-order valence-corrected chi connectivity index (χ0v) is 14.7. The lowest BCUT2D eigenvalue weighted by Gasteiger charge is -2.05. The molecule has 3 aromatic rings. The third-order valence-electron chi connectivity index (χ3n) is 3.82. The zero-order valence-electron chi connectivity index (χ0n) is 13.9. The van der Waals surface area contributed by atoms with Gasteiger partial charge in [-0.1, -0.05) is 47.1 Å². The van der Waals surface area contributed by atoms with E-state index in [1.165, 1.54) is 6.07 Å². The van der Waals surface area contributed by atoms with Crippen molar-refractivity contribution in [3.05, 3.63) is 70.8 Å². The summed E-state index contributed by atoms with van der Waals surface area (Å²) in [7, 11) is 0. The molecule has 1 heterocycles. The van der Waals surface area contributed by atoms with Crippen LogP contribution in [-0.4, -0.2) is 22.6 Å². The number of halogens is 2. The van der Waals surface area contributed by atoms with Gasteiger partial charge in [-0.05, 0) is 30.2 Å². The molecule has 26 heavy (non-hydrogen) atoms. The zero-order chi connectivity index (χ0) is 18.4. The highest BCUT2D eigenvalue weighted by Gasteiger charge is 2.12. The standard InChI is InChI=1S/C19H17ClFN3O2/c20-15-7-3-2-6-14(15)19-23-18(26-24-19)10-9-17(25)22-12-11-13-5-1-4-8-16(13)21/h1-8H,9-12H2,(H,22,25). The van der Waals surface area contributed by atoms with Crippen molar-refractivity contribution in [2.24, 2.45) is 0 Å². The fourth-order valence-electron chi connectivity index (χ4n) is 2.45. The van der Waals surface area contributed by atoms with Gasteiger partial charge >= 0.3 is 0 Å². The Morgan fingerprint density at radius 2 is 1.88 bits per heavy atom. The molecule has 0 atom stereocenters. The second-order valence-electron chi connectivity index (χ2n) is 5.68. The summed E-state index contributed by atoms with van der Waals surface area (Å²) in [4.78, 5) is 16.2. The summed E-state index contributed by atoms with van der Waals surface area (Å²) in [6.45, 7) is 0.370. The number of hydrogen-bond donors (Lipinski definition) is 1. The molecule has 2 aromatic carbocycles. The van der Waals surface area contributed by atoms with E-state index in [0.717, 1.165) is 0 Å². The van der Waals surface area contributed by atoms with Gasteiger partial charge in [-0.3, -0.25) is 4.79 Å². The normalized spacial score (nSPS) is 10.7. The second kappa shape index (κ2) is 8.58. The Labute approximate surface area is 155 Å². The number of rotatable bonds is 7. The Kier molecular flexibility index (Phi) is 5.96. The lowest BCUT2D eigenvalue weighted by Crippen LogP contribution is -2.26. The van der Waals surface area contributed by atoms with Crippen molar-refractivity contribution in [1.29, 1.82) is 0 Å². The van der Waals surface area contributed by atoms with Crippen LogP contribution in [0.25, 0.3) is 11.4 Å². The van der Waals surface area contributed by atoms with Crippen LogP contribution in [-0.2, 0) is 17.6 Å². The van der Waals surface area contributed by atoms with E-state index in [4.69, 9.17) is 16.1 Å². The summed E-state index contributed by atoms with van der Waals surface area (Å²) < 4.78 is 18.7. The first kappa shape index (κ1) is 18.1. The van der Waals surface area contributed by atoms with Crippen LogP contribution in [0.1, 0.15) is 17.9 Å². The number of carbonyl (C=O) groups excluding carboxylic acids is 1. The van der Waals surface area contributed by atoms with Crippen LogP contribution in [0.3, 0.4) is 0 Å². The van der Waals surface area contributed by atoms with E-state index < -0.39 is 0 Å². The molecule has 0 aliphatic carbocycles. The molecule has 0 unspecified atom stereocenters. The lowest BCUT2D eigenvalue weighted by molar-refractivity contribution is -0.121. The van der Waals surface area contributed by atoms with Crippen molar-refractivity contribution < 1.29 is 13.7 Å². The highest BCUT2D eigenvalue weighted by molar-refractivity contribution is 6.33. The summed E-state index contributed by atoms with van der Waals surface area (Å²) in [6.07, 6.45) is 0.972. The molecule has 3 rings (SSSR count). The maximum atomic E-state index is 13.5. The maximum absolute atomic E-state index is 13.5. The molecule has 134 valence electrons. The van der Waals surface area contributed by atoms with Gasteiger partial charge in [-0.25, -0.2) is 4.39 Å². The van der Waals surface area contributed by atoms with Gasteiger partial charge in [0, 0.05) is 24.9 Å². The summed E-state index contributed by atoms with van der Waals surface area (Å²) >= 11 is 6.10. The number of nitrogens with one attached hydrogen (secondary N) is 1. The van der Waals surface area contributed by atoms with Gasteiger partial charge in [-0.2, -0.15) is 4.98 Å². The van der Waals surface area contributed by atoms with Crippen molar-refractivity contribution in [2.45, 2.75) is 19.3 Å². The highest BCUT2D eigenvalue weighted by atomic mass is 35.5. The third-order valence-corrected chi connectivity index (χ3v) is 4.15. The Bertz CT molecular complexity index is 898. The van der Waals surface area contributed by atoms with Crippen LogP contribution < -0.4 is 5.32 Å². The quantitative estimate of drug-likeness (QED) is 0.683. The molecule has 0 saturated carbocycles. The van der Waals surface area contributed by atoms with Crippen LogP contribution in [0.2, 0.25) is 5.02 Å². The van der Waals surface area contributed by atoms with Gasteiger partial charge < -0.3 is 9.84 Å². The topological polar surface area (TPSA) is 68.0 Å². The molecule has 0 aliphatic heterocycles. The van der Waals surface area contributed by atoms with E-state index in [0.29, 0.717) is 47.3 Å². The number of aryl methyl sites for hydroxylation is 1. The summed E-state index contributed by atoms with van der Waals surface area (Å²) in [5, 5.41) is 7.19. The second-order valence-corrected chi connectivity index (χ2v) is 6.09. The third kappa shape index (κ3) is 4.67. The Morgan fingerprint density at radius 1 is 1.12 bits per heavy atom. The fourth-order valence-corrected chi connectivity index (χ4v) is 2.68. The number of benzene rings is 2. The molecule has 1 aromatic heterocycles. The summed E-state index contributed by atoms with van der Waals surface area (Å²) in [5.74, 6) is 0.341. The fraction of sp³-hybridized carbons (Fsp3) is 0.211. The number of carbonyl (C=O) groups is 1. The number of amides is 1. The van der Waals surface area contributed by atoms with Crippen LogP contribution in [0, 0.1) is 5.82 Å². The molecule has 5 nitrogen and oxygen atoms in total. The van der Waals surface area contributed by atoms with E-state index in [1.54, 1.807) is 30.3 Å². The van der Waals surface area contributed by atoms with Gasteiger partial charge in [0.1, 0.15) is 5.82 Å². The van der Waals surface area contributed by atoms with E-state index in [2.05, 4.69) is 15.5 Å². The largest absolute Gasteiger partial charge is 0.356 e. The number of aromatic nitrogens is 2. The maximum Gasteiger partial charge on any atom is 0.227 e. The SMILES string of the molecule is O=C(CCc1nc(-c2ccccc2Cl)no1)NCCc1ccccc1F. The number of hydrogen-bond acceptors (Lipinski definition) is 4. The molecular formula is C19H17ClFN3O2. The molecule has 1 amide bonds. The molecule has 0 fully saturated rings. The highest BCUT2D eigenvalue weighted by Crippen LogP contribution is 2.24. The summed E-state index contributed by atoms with van der Waals surface area (Å²) in [5.41, 5.74) is 1.26. The van der Waals surface area contributed by atoms with Gasteiger partial charge in [0.05, 0.1) is 5.02 Å². The van der Waals surface area contributed by atoms with Gasteiger partial charge in [-0.15, -0.1) is 0 Å². The van der Waals surface area contributed by atoms with E-state index in [-0.39, 0.29) is 18.1 Å². The molecule has 0 radical (unpaired) electrons. The monoisotopic (exact) mass is 373 g/mol. The lowest BCUT2D eigenvalue weighted by atomic mass is 10.1. The van der Waals surface area contributed by atoms with Gasteiger partial charge in [0.25, 0.3) is 0 Å². The summed E-state index contributed by atoms with van der Waals surface area (Å²) in [6, 6.07) is 13.7. The first-order valence-electron chi connectivity index (χ1n) is 8.21. The Balaban J connectivity index is 1.46. The van der Waals surface area contributed by atoms with Crippen molar-refractivity contribution in [1.82, 2.24) is 15.5 Å². The predicted molar refractivity (Wildman–Crippen MR) is 96.2 cm³/mol. The smallest absolute Gasteiger partial charge is 0.227 e. The minimum Gasteiger partial charge on any atom is -0.356 e. The van der Waals surface area contributed by atoms with E-state index in [9.17, 15) is 9.18 Å². The van der Waals surface area contributed by atoms with Crippen molar-refractivity contribution in [3.8, 4) is 11.4 Å².